The standard InChI is InChI=1S/C21H21N3O2S/c1-24(2)14-16-6-3-4-7-18(16)23-20(25)15-9-11-17(12-10-15)22-21(26)19-8-5-13-27-19/h3-13H,14H2,1-2H3,(H,22,26)(H,23,25). The third kappa shape index (κ3) is 5.03. The number of amides is 2. The van der Waals surface area contributed by atoms with Crippen LogP contribution in [0.25, 0.3) is 0 Å². The van der Waals surface area contributed by atoms with Crippen LogP contribution in [0.2, 0.25) is 0 Å². The van der Waals surface area contributed by atoms with Crippen LogP contribution in [0.15, 0.2) is 66.0 Å². The largest absolute Gasteiger partial charge is 0.322 e. The topological polar surface area (TPSA) is 61.4 Å². The maximum atomic E-state index is 12.6. The van der Waals surface area contributed by atoms with Crippen molar-refractivity contribution in [3.8, 4) is 0 Å². The second-order valence-corrected chi connectivity index (χ2v) is 7.31. The zero-order valence-corrected chi connectivity index (χ0v) is 16.0. The summed E-state index contributed by atoms with van der Waals surface area (Å²) in [4.78, 5) is 27.3. The highest BCUT2D eigenvalue weighted by atomic mass is 32.1. The summed E-state index contributed by atoms with van der Waals surface area (Å²) in [5.41, 5.74) is 3.03. The lowest BCUT2D eigenvalue weighted by Crippen LogP contribution is -2.16. The van der Waals surface area contributed by atoms with Gasteiger partial charge in [0.15, 0.2) is 0 Å². The second-order valence-electron chi connectivity index (χ2n) is 6.36. The van der Waals surface area contributed by atoms with Crippen LogP contribution in [0.1, 0.15) is 25.6 Å². The van der Waals surface area contributed by atoms with Crippen molar-refractivity contribution >= 4 is 34.5 Å². The van der Waals surface area contributed by atoms with E-state index in [-0.39, 0.29) is 11.8 Å². The minimum absolute atomic E-state index is 0.153. The molecule has 0 aliphatic heterocycles. The zero-order valence-electron chi connectivity index (χ0n) is 15.2. The molecular weight excluding hydrogens is 358 g/mol. The Bertz CT molecular complexity index is 919. The molecule has 2 aromatic carbocycles. The number of carbonyl (C=O) groups excluding carboxylic acids is 2. The summed E-state index contributed by atoms with van der Waals surface area (Å²) in [5, 5.41) is 7.65. The van der Waals surface area contributed by atoms with Crippen LogP contribution in [0, 0.1) is 0 Å². The molecule has 5 nitrogen and oxygen atoms in total. The molecular formula is C21H21N3O2S. The van der Waals surface area contributed by atoms with Crippen LogP contribution in [0.3, 0.4) is 0 Å². The van der Waals surface area contributed by atoms with E-state index >= 15 is 0 Å². The third-order valence-electron chi connectivity index (χ3n) is 3.90. The molecule has 0 aliphatic carbocycles. The first-order valence-corrected chi connectivity index (χ1v) is 9.40. The first kappa shape index (κ1) is 18.8. The highest BCUT2D eigenvalue weighted by Gasteiger charge is 2.11. The van der Waals surface area contributed by atoms with E-state index in [1.54, 1.807) is 30.3 Å². The van der Waals surface area contributed by atoms with E-state index < -0.39 is 0 Å². The molecule has 0 saturated heterocycles. The fourth-order valence-electron chi connectivity index (χ4n) is 2.62. The number of thiophene rings is 1. The van der Waals surface area contributed by atoms with Gasteiger partial charge in [-0.2, -0.15) is 0 Å². The lowest BCUT2D eigenvalue weighted by Gasteiger charge is -2.15. The molecule has 6 heteroatoms. The van der Waals surface area contributed by atoms with Crippen molar-refractivity contribution in [3.63, 3.8) is 0 Å². The summed E-state index contributed by atoms with van der Waals surface area (Å²) in [7, 11) is 3.98. The van der Waals surface area contributed by atoms with E-state index in [4.69, 9.17) is 0 Å². The average molecular weight is 379 g/mol. The summed E-state index contributed by atoms with van der Waals surface area (Å²) in [5.74, 6) is -0.336. The highest BCUT2D eigenvalue weighted by Crippen LogP contribution is 2.19. The number of rotatable bonds is 6. The average Bonchev–Trinajstić information content (AvgIpc) is 3.18. The van der Waals surface area contributed by atoms with E-state index in [9.17, 15) is 9.59 Å². The minimum Gasteiger partial charge on any atom is -0.322 e. The van der Waals surface area contributed by atoms with Crippen LogP contribution < -0.4 is 10.6 Å². The van der Waals surface area contributed by atoms with Crippen LogP contribution in [0.5, 0.6) is 0 Å². The lowest BCUT2D eigenvalue weighted by molar-refractivity contribution is 0.102. The van der Waals surface area contributed by atoms with Gasteiger partial charge in [-0.3, -0.25) is 9.59 Å². The number of para-hydroxylation sites is 1. The van der Waals surface area contributed by atoms with Crippen molar-refractivity contribution in [3.05, 3.63) is 82.0 Å². The summed E-state index contributed by atoms with van der Waals surface area (Å²) >= 11 is 1.39. The molecule has 138 valence electrons. The Kier molecular flexibility index (Phi) is 6.01. The monoisotopic (exact) mass is 379 g/mol. The van der Waals surface area contributed by atoms with Crippen molar-refractivity contribution in [1.82, 2.24) is 4.90 Å². The zero-order chi connectivity index (χ0) is 19.2. The Hall–Kier alpha value is -2.96. The lowest BCUT2D eigenvalue weighted by atomic mass is 10.1. The maximum Gasteiger partial charge on any atom is 0.265 e. The predicted molar refractivity (Wildman–Crippen MR) is 111 cm³/mol. The molecule has 0 radical (unpaired) electrons. The van der Waals surface area contributed by atoms with E-state index in [0.29, 0.717) is 16.1 Å². The Morgan fingerprint density at radius 1 is 0.889 bits per heavy atom. The summed E-state index contributed by atoms with van der Waals surface area (Å²) < 4.78 is 0. The van der Waals surface area contributed by atoms with E-state index in [1.165, 1.54) is 11.3 Å². The number of carbonyl (C=O) groups is 2. The third-order valence-corrected chi connectivity index (χ3v) is 4.77. The number of hydrogen-bond acceptors (Lipinski definition) is 4. The Morgan fingerprint density at radius 3 is 2.30 bits per heavy atom. The number of hydrogen-bond donors (Lipinski definition) is 2. The maximum absolute atomic E-state index is 12.6. The van der Waals surface area contributed by atoms with Gasteiger partial charge < -0.3 is 15.5 Å². The van der Waals surface area contributed by atoms with Crippen LogP contribution in [-0.2, 0) is 6.54 Å². The van der Waals surface area contributed by atoms with Gasteiger partial charge in [0.2, 0.25) is 0 Å². The highest BCUT2D eigenvalue weighted by molar-refractivity contribution is 7.12. The molecule has 0 spiro atoms. The van der Waals surface area contributed by atoms with Gasteiger partial charge in [0, 0.05) is 23.5 Å². The number of nitrogens with zero attached hydrogens (tertiary/aromatic N) is 1. The molecule has 0 atom stereocenters. The van der Waals surface area contributed by atoms with Gasteiger partial charge in [0.1, 0.15) is 0 Å². The van der Waals surface area contributed by atoms with Crippen molar-refractivity contribution in [1.29, 1.82) is 0 Å². The van der Waals surface area contributed by atoms with Gasteiger partial charge in [-0.05, 0) is 61.4 Å². The Morgan fingerprint density at radius 2 is 1.63 bits per heavy atom. The van der Waals surface area contributed by atoms with Crippen LogP contribution >= 0.6 is 11.3 Å². The predicted octanol–water partition coefficient (Wildman–Crippen LogP) is 4.31. The van der Waals surface area contributed by atoms with Gasteiger partial charge in [0.25, 0.3) is 11.8 Å². The number of nitrogens with one attached hydrogen (secondary N) is 2. The quantitative estimate of drug-likeness (QED) is 0.671. The van der Waals surface area contributed by atoms with Crippen molar-refractivity contribution in [2.45, 2.75) is 6.54 Å². The van der Waals surface area contributed by atoms with Crippen molar-refractivity contribution < 1.29 is 9.59 Å². The number of anilines is 2. The molecule has 0 unspecified atom stereocenters. The van der Waals surface area contributed by atoms with Crippen molar-refractivity contribution in [2.24, 2.45) is 0 Å². The summed E-state index contributed by atoms with van der Waals surface area (Å²) in [6.45, 7) is 0.740. The molecule has 1 heterocycles. The van der Waals surface area contributed by atoms with E-state index in [2.05, 4.69) is 15.5 Å². The molecule has 0 fully saturated rings. The smallest absolute Gasteiger partial charge is 0.265 e. The summed E-state index contributed by atoms with van der Waals surface area (Å²) in [6, 6.07) is 18.2. The molecule has 0 bridgehead atoms. The first-order valence-electron chi connectivity index (χ1n) is 8.52. The van der Waals surface area contributed by atoms with Gasteiger partial charge >= 0.3 is 0 Å². The molecule has 3 aromatic rings. The molecule has 2 amide bonds. The minimum atomic E-state index is -0.183. The normalized spacial score (nSPS) is 10.6. The van der Waals surface area contributed by atoms with Gasteiger partial charge in [-0.25, -0.2) is 0 Å². The van der Waals surface area contributed by atoms with E-state index in [0.717, 1.165) is 17.8 Å². The number of benzene rings is 2. The Balaban J connectivity index is 1.67. The fraction of sp³-hybridized carbons (Fsp3) is 0.143. The Labute approximate surface area is 162 Å². The molecule has 1 aromatic heterocycles. The van der Waals surface area contributed by atoms with Crippen LogP contribution in [-0.4, -0.2) is 30.8 Å². The van der Waals surface area contributed by atoms with Gasteiger partial charge in [0.05, 0.1) is 4.88 Å². The molecule has 0 aliphatic rings. The molecule has 27 heavy (non-hydrogen) atoms. The van der Waals surface area contributed by atoms with Crippen LogP contribution in [0.4, 0.5) is 11.4 Å². The molecule has 3 rings (SSSR count). The van der Waals surface area contributed by atoms with Gasteiger partial charge in [-0.1, -0.05) is 24.3 Å². The molecule has 2 N–H and O–H groups in total. The van der Waals surface area contributed by atoms with Crippen molar-refractivity contribution in [2.75, 3.05) is 24.7 Å². The van der Waals surface area contributed by atoms with E-state index in [1.807, 2.05) is 49.8 Å². The second kappa shape index (κ2) is 8.62. The molecule has 0 saturated carbocycles. The summed E-state index contributed by atoms with van der Waals surface area (Å²) in [6.07, 6.45) is 0. The SMILES string of the molecule is CN(C)Cc1ccccc1NC(=O)c1ccc(NC(=O)c2cccs2)cc1. The fourth-order valence-corrected chi connectivity index (χ4v) is 3.24. The van der Waals surface area contributed by atoms with Gasteiger partial charge in [-0.15, -0.1) is 11.3 Å². The first-order chi connectivity index (χ1) is 13.0.